The van der Waals surface area contributed by atoms with E-state index < -0.39 is 0 Å². The molecule has 1 aromatic carbocycles. The van der Waals surface area contributed by atoms with Crippen LogP contribution in [0.5, 0.6) is 0 Å². The Kier molecular flexibility index (Phi) is 6.01. The first-order chi connectivity index (χ1) is 15.4. The third kappa shape index (κ3) is 5.00. The number of anilines is 4. The van der Waals surface area contributed by atoms with Crippen molar-refractivity contribution in [2.75, 3.05) is 28.6 Å². The molecule has 0 unspecified atom stereocenters. The molecular formula is C22H24N8OS. The molecule has 0 radical (unpaired) electrons. The molecule has 0 bridgehead atoms. The van der Waals surface area contributed by atoms with Gasteiger partial charge in [-0.1, -0.05) is 6.92 Å². The second-order valence-corrected chi connectivity index (χ2v) is 9.04. The number of H-pyrrole nitrogens is 1. The van der Waals surface area contributed by atoms with Crippen LogP contribution in [0, 0.1) is 23.7 Å². The van der Waals surface area contributed by atoms with Gasteiger partial charge in [-0.2, -0.15) is 10.4 Å². The van der Waals surface area contributed by atoms with E-state index in [9.17, 15) is 10.1 Å². The normalized spacial score (nSPS) is 14.4. The van der Waals surface area contributed by atoms with E-state index in [2.05, 4.69) is 36.8 Å². The summed E-state index contributed by atoms with van der Waals surface area (Å²) in [5.41, 5.74) is 1.27. The number of carbonyl (C=O) groups is 1. The predicted octanol–water partition coefficient (Wildman–Crippen LogP) is 4.10. The molecular weight excluding hydrogens is 424 g/mol. The number of nitrogens with one attached hydrogen (secondary N) is 3. The van der Waals surface area contributed by atoms with Crippen molar-refractivity contribution in [3.8, 4) is 6.07 Å². The van der Waals surface area contributed by atoms with E-state index in [4.69, 9.17) is 4.98 Å². The molecule has 1 fully saturated rings. The zero-order valence-electron chi connectivity index (χ0n) is 18.1. The molecule has 1 aliphatic rings. The summed E-state index contributed by atoms with van der Waals surface area (Å²) in [6.45, 7) is 6.92. The zero-order valence-corrected chi connectivity index (χ0v) is 19.0. The molecule has 10 heteroatoms. The maximum Gasteiger partial charge on any atom is 0.224 e. The number of nitrogens with zero attached hydrogens (tertiary/aromatic N) is 5. The van der Waals surface area contributed by atoms with Crippen molar-refractivity contribution in [1.29, 1.82) is 5.26 Å². The quantitative estimate of drug-likeness (QED) is 0.462. The van der Waals surface area contributed by atoms with E-state index in [0.29, 0.717) is 30.5 Å². The molecule has 0 saturated carbocycles. The lowest BCUT2D eigenvalue weighted by Gasteiger charge is -2.44. The molecule has 9 nitrogen and oxygen atoms in total. The average Bonchev–Trinajstić information content (AvgIpc) is 3.17. The van der Waals surface area contributed by atoms with Crippen LogP contribution in [0.15, 0.2) is 46.5 Å². The van der Waals surface area contributed by atoms with Crippen LogP contribution >= 0.6 is 11.8 Å². The number of rotatable bonds is 7. The summed E-state index contributed by atoms with van der Waals surface area (Å²) >= 11 is 1.43. The number of hydrogen-bond acceptors (Lipinski definition) is 8. The minimum absolute atomic E-state index is 0.0230. The highest BCUT2D eigenvalue weighted by Crippen LogP contribution is 2.35. The van der Waals surface area contributed by atoms with Crippen LogP contribution in [-0.4, -0.2) is 39.2 Å². The second kappa shape index (κ2) is 8.88. The summed E-state index contributed by atoms with van der Waals surface area (Å²) in [6, 6.07) is 13.7. The number of amides is 1. The van der Waals surface area contributed by atoms with Gasteiger partial charge < -0.3 is 15.5 Å². The molecule has 3 heterocycles. The van der Waals surface area contributed by atoms with E-state index in [-0.39, 0.29) is 11.3 Å². The van der Waals surface area contributed by atoms with Crippen LogP contribution < -0.4 is 15.5 Å². The van der Waals surface area contributed by atoms with Gasteiger partial charge in [0.15, 0.2) is 5.16 Å². The number of aryl methyl sites for hydroxylation is 1. The summed E-state index contributed by atoms with van der Waals surface area (Å²) in [6.07, 6.45) is 0.435. The largest absolute Gasteiger partial charge is 0.353 e. The minimum atomic E-state index is -0.356. The molecule has 164 valence electrons. The van der Waals surface area contributed by atoms with Gasteiger partial charge in [0.05, 0.1) is 17.2 Å². The first-order valence-corrected chi connectivity index (χ1v) is 11.1. The van der Waals surface area contributed by atoms with Crippen LogP contribution in [0.4, 0.5) is 23.1 Å². The van der Waals surface area contributed by atoms with Gasteiger partial charge in [-0.15, -0.1) is 0 Å². The Balaban J connectivity index is 1.56. The molecule has 3 N–H and O–H groups in total. The summed E-state index contributed by atoms with van der Waals surface area (Å²) in [5, 5.41) is 23.1. The minimum Gasteiger partial charge on any atom is -0.353 e. The highest BCUT2D eigenvalue weighted by Gasteiger charge is 2.40. The van der Waals surface area contributed by atoms with E-state index in [0.717, 1.165) is 27.9 Å². The SMILES string of the molecule is CCC(=O)Nc1ccc(Sc2nc(Nc3cc(C)n[nH]3)cc(N3CC(C)(C#N)C3)n2)cc1. The van der Waals surface area contributed by atoms with Crippen molar-refractivity contribution >= 4 is 40.8 Å². The molecule has 1 saturated heterocycles. The molecule has 2 aromatic heterocycles. The lowest BCUT2D eigenvalue weighted by Crippen LogP contribution is -2.54. The number of aromatic nitrogens is 4. The van der Waals surface area contributed by atoms with Crippen LogP contribution in [-0.2, 0) is 4.79 Å². The van der Waals surface area contributed by atoms with E-state index in [1.165, 1.54) is 11.8 Å². The fourth-order valence-electron chi connectivity index (χ4n) is 3.30. The Morgan fingerprint density at radius 3 is 2.66 bits per heavy atom. The fraction of sp³-hybridized carbons (Fsp3) is 0.318. The van der Waals surface area contributed by atoms with E-state index >= 15 is 0 Å². The maximum absolute atomic E-state index is 11.6. The standard InChI is InChI=1S/C22H24N8OS/c1-4-20(31)24-15-5-7-16(8-6-15)32-21-26-17(25-18-9-14(2)28-29-18)10-19(27-21)30-12-22(3,11-23)13-30/h5-10H,4,12-13H2,1-3H3,(H,24,31)(H2,25,26,27,28,29). The number of benzene rings is 1. The number of nitriles is 1. The fourth-order valence-corrected chi connectivity index (χ4v) is 4.06. The van der Waals surface area contributed by atoms with Crippen molar-refractivity contribution in [3.05, 3.63) is 42.1 Å². The van der Waals surface area contributed by atoms with Gasteiger partial charge in [0.1, 0.15) is 17.5 Å². The van der Waals surface area contributed by atoms with Crippen molar-refractivity contribution in [1.82, 2.24) is 20.2 Å². The number of hydrogen-bond donors (Lipinski definition) is 3. The highest BCUT2D eigenvalue weighted by molar-refractivity contribution is 7.99. The molecule has 0 spiro atoms. The van der Waals surface area contributed by atoms with Crippen LogP contribution in [0.25, 0.3) is 0 Å². The summed E-state index contributed by atoms with van der Waals surface area (Å²) < 4.78 is 0. The predicted molar refractivity (Wildman–Crippen MR) is 124 cm³/mol. The smallest absolute Gasteiger partial charge is 0.224 e. The second-order valence-electron chi connectivity index (χ2n) is 8.00. The summed E-state index contributed by atoms with van der Waals surface area (Å²) in [4.78, 5) is 24.0. The number of carbonyl (C=O) groups excluding carboxylic acids is 1. The lowest BCUT2D eigenvalue weighted by molar-refractivity contribution is -0.115. The first kappa shape index (κ1) is 21.6. The maximum atomic E-state index is 11.6. The van der Waals surface area contributed by atoms with Crippen molar-refractivity contribution < 1.29 is 4.79 Å². The van der Waals surface area contributed by atoms with Gasteiger partial charge in [-0.05, 0) is 49.9 Å². The Morgan fingerprint density at radius 1 is 1.28 bits per heavy atom. The lowest BCUT2D eigenvalue weighted by atomic mass is 9.84. The highest BCUT2D eigenvalue weighted by atomic mass is 32.2. The van der Waals surface area contributed by atoms with E-state index in [1.807, 2.05) is 57.2 Å². The van der Waals surface area contributed by atoms with Gasteiger partial charge >= 0.3 is 0 Å². The van der Waals surface area contributed by atoms with Gasteiger partial charge in [0.25, 0.3) is 0 Å². The molecule has 1 aliphatic heterocycles. The van der Waals surface area contributed by atoms with Gasteiger partial charge in [0, 0.05) is 42.2 Å². The monoisotopic (exact) mass is 448 g/mol. The van der Waals surface area contributed by atoms with Crippen LogP contribution in [0.2, 0.25) is 0 Å². The molecule has 32 heavy (non-hydrogen) atoms. The van der Waals surface area contributed by atoms with Crippen LogP contribution in [0.3, 0.4) is 0 Å². The Morgan fingerprint density at radius 2 is 2.03 bits per heavy atom. The van der Waals surface area contributed by atoms with E-state index in [1.54, 1.807) is 0 Å². The van der Waals surface area contributed by atoms with Gasteiger partial charge in [0.2, 0.25) is 5.91 Å². The molecule has 3 aromatic rings. The third-order valence-electron chi connectivity index (χ3n) is 5.00. The Hall–Kier alpha value is -3.58. The molecule has 0 atom stereocenters. The average molecular weight is 449 g/mol. The number of aromatic amines is 1. The molecule has 0 aliphatic carbocycles. The summed E-state index contributed by atoms with van der Waals surface area (Å²) in [7, 11) is 0. The Bertz CT molecular complexity index is 1160. The Labute approximate surface area is 190 Å². The zero-order chi connectivity index (χ0) is 22.7. The van der Waals surface area contributed by atoms with Gasteiger partial charge in [-0.3, -0.25) is 9.89 Å². The first-order valence-electron chi connectivity index (χ1n) is 10.3. The van der Waals surface area contributed by atoms with Crippen LogP contribution in [0.1, 0.15) is 26.0 Å². The van der Waals surface area contributed by atoms with Crippen molar-refractivity contribution in [3.63, 3.8) is 0 Å². The molecule has 1 amide bonds. The molecule has 4 rings (SSSR count). The van der Waals surface area contributed by atoms with Crippen molar-refractivity contribution in [2.24, 2.45) is 5.41 Å². The third-order valence-corrected chi connectivity index (χ3v) is 5.88. The topological polar surface area (TPSA) is 123 Å². The summed E-state index contributed by atoms with van der Waals surface area (Å²) in [5.74, 6) is 2.12. The van der Waals surface area contributed by atoms with Crippen molar-refractivity contribution in [2.45, 2.75) is 37.2 Å². The van der Waals surface area contributed by atoms with Gasteiger partial charge in [-0.25, -0.2) is 9.97 Å².